The van der Waals surface area contributed by atoms with Crippen LogP contribution in [0.25, 0.3) is 0 Å². The maximum absolute atomic E-state index is 13.0. The summed E-state index contributed by atoms with van der Waals surface area (Å²) < 4.78 is 14.2. The molecule has 2 aromatic rings. The molecule has 1 heterocycles. The van der Waals surface area contributed by atoms with Crippen molar-refractivity contribution in [2.75, 3.05) is 5.32 Å². The summed E-state index contributed by atoms with van der Waals surface area (Å²) in [6.45, 7) is -0.0209. The van der Waals surface area contributed by atoms with Crippen molar-refractivity contribution in [2.45, 2.75) is 13.1 Å². The number of aliphatic carboxylic acids is 1. The fourth-order valence-electron chi connectivity index (χ4n) is 1.58. The molecule has 0 amide bonds. The lowest BCUT2D eigenvalue weighted by atomic mass is 10.2. The fourth-order valence-corrected chi connectivity index (χ4v) is 1.58. The average Bonchev–Trinajstić information content (AvgIpc) is 2.84. The van der Waals surface area contributed by atoms with Gasteiger partial charge in [0.15, 0.2) is 0 Å². The van der Waals surface area contributed by atoms with E-state index in [1.54, 1.807) is 0 Å². The van der Waals surface area contributed by atoms with Crippen LogP contribution in [0.3, 0.4) is 0 Å². The number of nitrogens with one attached hydrogen (secondary N) is 1. The van der Waals surface area contributed by atoms with E-state index in [0.717, 1.165) is 6.07 Å². The van der Waals surface area contributed by atoms with Crippen LogP contribution in [0, 0.1) is 17.1 Å². The predicted molar refractivity (Wildman–Crippen MR) is 66.1 cm³/mol. The topological polar surface area (TPSA) is 104 Å². The predicted octanol–water partition coefficient (Wildman–Crippen LogP) is 0.986. The molecule has 0 aliphatic carbocycles. The molecule has 0 fully saturated rings. The normalized spacial score (nSPS) is 10.0. The molecule has 2 N–H and O–H groups in total. The van der Waals surface area contributed by atoms with Gasteiger partial charge in [0.1, 0.15) is 24.1 Å². The lowest BCUT2D eigenvalue weighted by molar-refractivity contribution is -0.137. The highest BCUT2D eigenvalue weighted by Crippen LogP contribution is 2.16. The molecule has 0 radical (unpaired) electrons. The standard InChI is InChI=1S/C12H10FN5O2/c13-9-1-2-11(8(3-9)4-14)15-5-10-6-18(17-16-10)7-12(19)20/h1-3,6,15H,5,7H2,(H,19,20). The Bertz CT molecular complexity index is 677. The molecule has 0 unspecified atom stereocenters. The largest absolute Gasteiger partial charge is 0.480 e. The monoisotopic (exact) mass is 275 g/mol. The van der Waals surface area contributed by atoms with Crippen LogP contribution in [-0.2, 0) is 17.9 Å². The number of carbonyl (C=O) groups is 1. The van der Waals surface area contributed by atoms with Gasteiger partial charge in [0, 0.05) is 0 Å². The van der Waals surface area contributed by atoms with Gasteiger partial charge in [0.25, 0.3) is 0 Å². The number of carboxylic acid groups (broad SMARTS) is 1. The number of rotatable bonds is 5. The molecule has 1 aromatic heterocycles. The summed E-state index contributed by atoms with van der Waals surface area (Å²) >= 11 is 0. The Hall–Kier alpha value is -2.95. The van der Waals surface area contributed by atoms with Crippen LogP contribution >= 0.6 is 0 Å². The Balaban J connectivity index is 2.04. The average molecular weight is 275 g/mol. The molecule has 0 aliphatic heterocycles. The first-order valence-corrected chi connectivity index (χ1v) is 5.63. The first-order chi connectivity index (χ1) is 9.58. The van der Waals surface area contributed by atoms with Crippen LogP contribution in [0.2, 0.25) is 0 Å². The van der Waals surface area contributed by atoms with Gasteiger partial charge in [-0.25, -0.2) is 9.07 Å². The lowest BCUT2D eigenvalue weighted by Crippen LogP contribution is -2.09. The van der Waals surface area contributed by atoms with Crippen LogP contribution in [0.15, 0.2) is 24.4 Å². The summed E-state index contributed by atoms with van der Waals surface area (Å²) in [5.74, 6) is -1.50. The smallest absolute Gasteiger partial charge is 0.325 e. The van der Waals surface area contributed by atoms with Crippen molar-refractivity contribution in [3.05, 3.63) is 41.5 Å². The number of benzene rings is 1. The summed E-state index contributed by atoms with van der Waals surface area (Å²) in [7, 11) is 0. The first-order valence-electron chi connectivity index (χ1n) is 5.63. The van der Waals surface area contributed by atoms with Gasteiger partial charge in [-0.15, -0.1) is 5.10 Å². The summed E-state index contributed by atoms with van der Waals surface area (Å²) in [4.78, 5) is 10.5. The third-order valence-corrected chi connectivity index (χ3v) is 2.45. The number of hydrogen-bond donors (Lipinski definition) is 2. The number of anilines is 1. The zero-order valence-corrected chi connectivity index (χ0v) is 10.2. The lowest BCUT2D eigenvalue weighted by Gasteiger charge is -2.05. The number of hydrogen-bond acceptors (Lipinski definition) is 5. The van der Waals surface area contributed by atoms with E-state index in [-0.39, 0.29) is 18.7 Å². The molecule has 0 aliphatic rings. The van der Waals surface area contributed by atoms with Crippen LogP contribution in [0.4, 0.5) is 10.1 Å². The minimum absolute atomic E-state index is 0.183. The molecule has 0 spiro atoms. The molecule has 0 bridgehead atoms. The molecule has 7 nitrogen and oxygen atoms in total. The van der Waals surface area contributed by atoms with Crippen molar-refractivity contribution in [1.82, 2.24) is 15.0 Å². The van der Waals surface area contributed by atoms with E-state index in [1.165, 1.54) is 23.0 Å². The molecule has 8 heteroatoms. The number of carboxylic acids is 1. The number of nitrogens with zero attached hydrogens (tertiary/aromatic N) is 4. The van der Waals surface area contributed by atoms with E-state index in [9.17, 15) is 9.18 Å². The molecule has 2 rings (SSSR count). The molecular formula is C12H10FN5O2. The molecule has 102 valence electrons. The van der Waals surface area contributed by atoms with Gasteiger partial charge in [-0.1, -0.05) is 5.21 Å². The summed E-state index contributed by atoms with van der Waals surface area (Å²) in [5.41, 5.74) is 1.17. The molecule has 0 atom stereocenters. The van der Waals surface area contributed by atoms with E-state index < -0.39 is 11.8 Å². The molecule has 0 saturated carbocycles. The van der Waals surface area contributed by atoms with E-state index in [2.05, 4.69) is 15.6 Å². The highest BCUT2D eigenvalue weighted by atomic mass is 19.1. The molecule has 1 aromatic carbocycles. The Morgan fingerprint density at radius 2 is 2.35 bits per heavy atom. The van der Waals surface area contributed by atoms with Crippen LogP contribution in [0.1, 0.15) is 11.3 Å². The van der Waals surface area contributed by atoms with Gasteiger partial charge >= 0.3 is 5.97 Å². The van der Waals surface area contributed by atoms with Crippen molar-refractivity contribution >= 4 is 11.7 Å². The third-order valence-electron chi connectivity index (χ3n) is 2.45. The van der Waals surface area contributed by atoms with Gasteiger partial charge in [-0.3, -0.25) is 4.79 Å². The summed E-state index contributed by atoms with van der Waals surface area (Å²) in [5, 5.41) is 27.8. The van der Waals surface area contributed by atoms with Crippen molar-refractivity contribution in [3.8, 4) is 6.07 Å². The van der Waals surface area contributed by atoms with Gasteiger partial charge in [-0.05, 0) is 18.2 Å². The summed E-state index contributed by atoms with van der Waals surface area (Å²) in [6.07, 6.45) is 1.48. The highest BCUT2D eigenvalue weighted by Gasteiger charge is 2.06. The third kappa shape index (κ3) is 3.29. The minimum Gasteiger partial charge on any atom is -0.480 e. The van der Waals surface area contributed by atoms with Crippen molar-refractivity contribution in [3.63, 3.8) is 0 Å². The van der Waals surface area contributed by atoms with E-state index >= 15 is 0 Å². The second-order valence-corrected chi connectivity index (χ2v) is 3.96. The molecular weight excluding hydrogens is 265 g/mol. The zero-order valence-electron chi connectivity index (χ0n) is 10.2. The summed E-state index contributed by atoms with van der Waals surface area (Å²) in [6, 6.07) is 5.71. The van der Waals surface area contributed by atoms with Crippen LogP contribution in [-0.4, -0.2) is 26.1 Å². The van der Waals surface area contributed by atoms with Crippen molar-refractivity contribution in [2.24, 2.45) is 0 Å². The Morgan fingerprint density at radius 3 is 3.05 bits per heavy atom. The van der Waals surface area contributed by atoms with Gasteiger partial charge in [0.05, 0.1) is 24.0 Å². The highest BCUT2D eigenvalue weighted by molar-refractivity contribution is 5.66. The Labute approximate surface area is 113 Å². The van der Waals surface area contributed by atoms with Crippen molar-refractivity contribution < 1.29 is 14.3 Å². The SMILES string of the molecule is N#Cc1cc(F)ccc1NCc1cn(CC(=O)O)nn1. The quantitative estimate of drug-likeness (QED) is 0.843. The minimum atomic E-state index is -1.01. The Morgan fingerprint density at radius 1 is 1.55 bits per heavy atom. The van der Waals surface area contributed by atoms with Crippen LogP contribution in [0.5, 0.6) is 0 Å². The second kappa shape index (κ2) is 5.79. The van der Waals surface area contributed by atoms with Crippen LogP contribution < -0.4 is 5.32 Å². The van der Waals surface area contributed by atoms with Gasteiger partial charge in [0.2, 0.25) is 0 Å². The number of nitriles is 1. The molecule has 20 heavy (non-hydrogen) atoms. The maximum Gasteiger partial charge on any atom is 0.325 e. The molecule has 0 saturated heterocycles. The maximum atomic E-state index is 13.0. The zero-order chi connectivity index (χ0) is 14.5. The van der Waals surface area contributed by atoms with Crippen molar-refractivity contribution in [1.29, 1.82) is 5.26 Å². The fraction of sp³-hybridized carbons (Fsp3) is 0.167. The van der Waals surface area contributed by atoms with E-state index in [0.29, 0.717) is 11.4 Å². The van der Waals surface area contributed by atoms with Gasteiger partial charge < -0.3 is 10.4 Å². The first kappa shape index (κ1) is 13.5. The van der Waals surface area contributed by atoms with E-state index in [1.807, 2.05) is 6.07 Å². The second-order valence-electron chi connectivity index (χ2n) is 3.96. The van der Waals surface area contributed by atoms with E-state index in [4.69, 9.17) is 10.4 Å². The van der Waals surface area contributed by atoms with Gasteiger partial charge in [-0.2, -0.15) is 5.26 Å². The Kier molecular flexibility index (Phi) is 3.91. The number of halogens is 1. The number of aromatic nitrogens is 3.